The van der Waals surface area contributed by atoms with E-state index in [0.29, 0.717) is 0 Å². The number of carbonyl (C=O) groups excluding carboxylic acids is 1. The number of hydrogen-bond acceptors (Lipinski definition) is 4. The van der Waals surface area contributed by atoms with E-state index in [4.69, 9.17) is 4.74 Å². The Balaban J connectivity index is 2.27. The van der Waals surface area contributed by atoms with Crippen LogP contribution < -0.4 is 4.74 Å². The van der Waals surface area contributed by atoms with Gasteiger partial charge in [0, 0.05) is 0 Å². The second-order valence-corrected chi connectivity index (χ2v) is 6.34. The van der Waals surface area contributed by atoms with Crippen LogP contribution in [0.5, 0.6) is 5.75 Å². The lowest BCUT2D eigenvalue weighted by Crippen LogP contribution is -2.28. The Bertz CT molecular complexity index is 364. The van der Waals surface area contributed by atoms with E-state index < -0.39 is 0 Å². The average Bonchev–Trinajstić information content (AvgIpc) is 2.85. The Labute approximate surface area is 98.0 Å². The van der Waals surface area contributed by atoms with Gasteiger partial charge in [-0.25, -0.2) is 0 Å². The minimum absolute atomic E-state index is 0.224. The fourth-order valence-electron chi connectivity index (χ4n) is 1.82. The van der Waals surface area contributed by atoms with E-state index in [0.717, 1.165) is 29.2 Å². The highest BCUT2D eigenvalue weighted by Crippen LogP contribution is 2.42. The molecule has 0 amide bonds. The monoisotopic (exact) mass is 242 g/mol. The van der Waals surface area contributed by atoms with Crippen molar-refractivity contribution >= 4 is 28.9 Å². The number of hydrogen-bond donors (Lipinski definition) is 0. The van der Waals surface area contributed by atoms with Crippen molar-refractivity contribution in [3.05, 3.63) is 16.3 Å². The molecule has 1 unspecified atom stereocenters. The third-order valence-corrected chi connectivity index (χ3v) is 5.17. The minimum atomic E-state index is -0.224. The number of thiophene rings is 1. The van der Waals surface area contributed by atoms with Crippen LogP contribution in [0.3, 0.4) is 0 Å². The first-order valence-electron chi connectivity index (χ1n) is 4.97. The van der Waals surface area contributed by atoms with E-state index in [9.17, 15) is 4.79 Å². The maximum atomic E-state index is 12.3. The molecule has 1 atom stereocenters. The molecule has 1 aliphatic heterocycles. The average molecular weight is 242 g/mol. The van der Waals surface area contributed by atoms with Crippen LogP contribution in [0, 0.1) is 0 Å². The van der Waals surface area contributed by atoms with Gasteiger partial charge in [0.15, 0.2) is 5.78 Å². The highest BCUT2D eigenvalue weighted by molar-refractivity contribution is 8.01. The molecule has 0 aliphatic carbocycles. The predicted octanol–water partition coefficient (Wildman–Crippen LogP) is 3.23. The maximum absolute atomic E-state index is 12.3. The summed E-state index contributed by atoms with van der Waals surface area (Å²) in [6.07, 6.45) is 2.12. The SMILES string of the molecule is COc1ccsc1C(=O)C1(C)CCCS1. The molecule has 4 heteroatoms. The molecule has 0 radical (unpaired) electrons. The number of ketones is 1. The van der Waals surface area contributed by atoms with Gasteiger partial charge in [0.05, 0.1) is 11.9 Å². The second kappa shape index (κ2) is 4.18. The van der Waals surface area contributed by atoms with Crippen LogP contribution in [0.1, 0.15) is 29.4 Å². The van der Waals surface area contributed by atoms with E-state index in [1.54, 1.807) is 18.9 Å². The van der Waals surface area contributed by atoms with Crippen molar-refractivity contribution in [3.8, 4) is 5.75 Å². The van der Waals surface area contributed by atoms with Crippen molar-refractivity contribution in [2.75, 3.05) is 12.9 Å². The Hall–Kier alpha value is -0.480. The topological polar surface area (TPSA) is 26.3 Å². The van der Waals surface area contributed by atoms with Crippen molar-refractivity contribution in [1.29, 1.82) is 0 Å². The molecule has 82 valence electrons. The number of Topliss-reactive ketones (excluding diaryl/α,β-unsaturated/α-hetero) is 1. The van der Waals surface area contributed by atoms with Gasteiger partial charge < -0.3 is 4.74 Å². The Morgan fingerprint density at radius 3 is 3.00 bits per heavy atom. The van der Waals surface area contributed by atoms with Gasteiger partial charge >= 0.3 is 0 Å². The third kappa shape index (κ3) is 1.93. The fourth-order valence-corrected chi connectivity index (χ4v) is 4.08. The first-order valence-corrected chi connectivity index (χ1v) is 6.84. The molecule has 1 aromatic heterocycles. The summed E-state index contributed by atoms with van der Waals surface area (Å²) in [5.74, 6) is 2.05. The van der Waals surface area contributed by atoms with E-state index >= 15 is 0 Å². The molecule has 0 N–H and O–H groups in total. The lowest BCUT2D eigenvalue weighted by molar-refractivity contribution is 0.0950. The van der Waals surface area contributed by atoms with Crippen LogP contribution in [-0.2, 0) is 0 Å². The molecule has 1 aliphatic rings. The molecule has 1 aromatic rings. The molecule has 1 fully saturated rings. The molecule has 15 heavy (non-hydrogen) atoms. The highest BCUT2D eigenvalue weighted by atomic mass is 32.2. The van der Waals surface area contributed by atoms with Crippen molar-refractivity contribution in [2.45, 2.75) is 24.5 Å². The number of rotatable bonds is 3. The van der Waals surface area contributed by atoms with Gasteiger partial charge in [-0.3, -0.25) is 4.79 Å². The van der Waals surface area contributed by atoms with Crippen LogP contribution in [0.25, 0.3) is 0 Å². The van der Waals surface area contributed by atoms with Gasteiger partial charge in [0.1, 0.15) is 10.6 Å². The molecule has 0 saturated carbocycles. The summed E-state index contributed by atoms with van der Waals surface area (Å²) in [5.41, 5.74) is 0. The first-order chi connectivity index (χ1) is 7.17. The van der Waals surface area contributed by atoms with E-state index in [1.807, 2.05) is 18.4 Å². The summed E-state index contributed by atoms with van der Waals surface area (Å²) in [5, 5.41) is 1.91. The van der Waals surface area contributed by atoms with Crippen molar-refractivity contribution in [1.82, 2.24) is 0 Å². The third-order valence-electron chi connectivity index (χ3n) is 2.75. The fraction of sp³-hybridized carbons (Fsp3) is 0.545. The van der Waals surface area contributed by atoms with Crippen molar-refractivity contribution in [2.24, 2.45) is 0 Å². The standard InChI is InChI=1S/C11H14O2S2/c1-11(5-3-6-15-11)10(12)9-8(13-2)4-7-14-9/h4,7H,3,5-6H2,1-2H3. The zero-order valence-electron chi connectivity index (χ0n) is 8.91. The van der Waals surface area contributed by atoms with Crippen molar-refractivity contribution < 1.29 is 9.53 Å². The quantitative estimate of drug-likeness (QED) is 0.761. The highest BCUT2D eigenvalue weighted by Gasteiger charge is 2.39. The zero-order valence-corrected chi connectivity index (χ0v) is 10.5. The van der Waals surface area contributed by atoms with Crippen LogP contribution in [-0.4, -0.2) is 23.4 Å². The smallest absolute Gasteiger partial charge is 0.192 e. The van der Waals surface area contributed by atoms with Crippen LogP contribution in [0.4, 0.5) is 0 Å². The lowest BCUT2D eigenvalue weighted by atomic mass is 9.99. The molecule has 0 aromatic carbocycles. The van der Waals surface area contributed by atoms with Gasteiger partial charge in [-0.2, -0.15) is 0 Å². The molecular formula is C11H14O2S2. The summed E-state index contributed by atoms with van der Waals surface area (Å²) in [6.45, 7) is 2.05. The van der Waals surface area contributed by atoms with Crippen molar-refractivity contribution in [3.63, 3.8) is 0 Å². The molecule has 0 spiro atoms. The summed E-state index contributed by atoms with van der Waals surface area (Å²) in [6, 6.07) is 1.86. The van der Waals surface area contributed by atoms with Gasteiger partial charge in [0.25, 0.3) is 0 Å². The molecule has 2 nitrogen and oxygen atoms in total. The zero-order chi connectivity index (χ0) is 10.9. The summed E-state index contributed by atoms with van der Waals surface area (Å²) in [7, 11) is 1.61. The summed E-state index contributed by atoms with van der Waals surface area (Å²) < 4.78 is 4.97. The maximum Gasteiger partial charge on any atom is 0.192 e. The van der Waals surface area contributed by atoms with Crippen LogP contribution in [0.2, 0.25) is 0 Å². The van der Waals surface area contributed by atoms with Gasteiger partial charge in [0.2, 0.25) is 0 Å². The second-order valence-electron chi connectivity index (χ2n) is 3.83. The molecule has 0 bridgehead atoms. The van der Waals surface area contributed by atoms with E-state index in [2.05, 4.69) is 0 Å². The molecular weight excluding hydrogens is 228 g/mol. The Morgan fingerprint density at radius 2 is 2.40 bits per heavy atom. The van der Waals surface area contributed by atoms with Gasteiger partial charge in [-0.05, 0) is 37.0 Å². The normalized spacial score (nSPS) is 25.5. The Morgan fingerprint density at radius 1 is 1.60 bits per heavy atom. The summed E-state index contributed by atoms with van der Waals surface area (Å²) >= 11 is 3.25. The molecule has 2 heterocycles. The number of thioether (sulfide) groups is 1. The van der Waals surface area contributed by atoms with Gasteiger partial charge in [-0.1, -0.05) is 0 Å². The largest absolute Gasteiger partial charge is 0.495 e. The van der Waals surface area contributed by atoms with Crippen LogP contribution >= 0.6 is 23.1 Å². The van der Waals surface area contributed by atoms with Crippen LogP contribution in [0.15, 0.2) is 11.4 Å². The summed E-state index contributed by atoms with van der Waals surface area (Å²) in [4.78, 5) is 13.1. The Kier molecular flexibility index (Phi) is 3.07. The number of carbonyl (C=O) groups is 1. The molecule has 1 saturated heterocycles. The van der Waals surface area contributed by atoms with E-state index in [1.165, 1.54) is 11.3 Å². The predicted molar refractivity (Wildman–Crippen MR) is 65.3 cm³/mol. The first kappa shape index (κ1) is 11.0. The lowest BCUT2D eigenvalue weighted by Gasteiger charge is -2.20. The number of methoxy groups -OCH3 is 1. The molecule has 2 rings (SSSR count). The number of ether oxygens (including phenoxy) is 1. The van der Waals surface area contributed by atoms with E-state index in [-0.39, 0.29) is 10.5 Å². The van der Waals surface area contributed by atoms with Gasteiger partial charge in [-0.15, -0.1) is 23.1 Å². The minimum Gasteiger partial charge on any atom is -0.495 e.